The van der Waals surface area contributed by atoms with Crippen molar-refractivity contribution in [2.45, 2.75) is 6.04 Å². The van der Waals surface area contributed by atoms with Crippen molar-refractivity contribution in [1.82, 2.24) is 0 Å². The van der Waals surface area contributed by atoms with Crippen LogP contribution in [0.3, 0.4) is 0 Å². The van der Waals surface area contributed by atoms with Gasteiger partial charge in [-0.15, -0.1) is 11.8 Å². The quantitative estimate of drug-likeness (QED) is 0.494. The zero-order valence-corrected chi connectivity index (χ0v) is 6.82. The number of thioether (sulfide) groups is 1. The number of rotatable bonds is 1. The number of methoxy groups -OCH3 is 1. The summed E-state index contributed by atoms with van der Waals surface area (Å²) in [5, 5.41) is 2.04. The predicted octanol–water partition coefficient (Wildman–Crippen LogP) is -1.16. The van der Waals surface area contributed by atoms with Crippen molar-refractivity contribution >= 4 is 17.7 Å². The highest BCUT2D eigenvalue weighted by Crippen LogP contribution is 2.03. The topological polar surface area (TPSA) is 42.9 Å². The van der Waals surface area contributed by atoms with Gasteiger partial charge in [0.1, 0.15) is 0 Å². The van der Waals surface area contributed by atoms with Gasteiger partial charge < -0.3 is 10.1 Å². The largest absolute Gasteiger partial charge is 0.465 e. The van der Waals surface area contributed by atoms with E-state index in [0.29, 0.717) is 0 Å². The Hall–Kier alpha value is -0.220. The molecule has 0 aliphatic carbocycles. The van der Waals surface area contributed by atoms with Gasteiger partial charge >= 0.3 is 5.97 Å². The summed E-state index contributed by atoms with van der Waals surface area (Å²) in [4.78, 5) is 10.9. The first-order valence-electron chi connectivity index (χ1n) is 3.33. The minimum Gasteiger partial charge on any atom is -0.465 e. The van der Waals surface area contributed by atoms with Crippen LogP contribution in [0.2, 0.25) is 0 Å². The zero-order chi connectivity index (χ0) is 7.40. The summed E-state index contributed by atoms with van der Waals surface area (Å²) < 4.78 is 4.61. The van der Waals surface area contributed by atoms with Crippen molar-refractivity contribution in [1.29, 1.82) is 0 Å². The van der Waals surface area contributed by atoms with Crippen LogP contribution < -0.4 is 5.32 Å². The van der Waals surface area contributed by atoms with E-state index in [0.717, 1.165) is 18.1 Å². The lowest BCUT2D eigenvalue weighted by Crippen LogP contribution is -2.94. The second-order valence-corrected chi connectivity index (χ2v) is 3.38. The highest BCUT2D eigenvalue weighted by Gasteiger charge is 2.24. The zero-order valence-electron chi connectivity index (χ0n) is 6.00. The van der Waals surface area contributed by atoms with Gasteiger partial charge in [0.05, 0.1) is 19.4 Å². The lowest BCUT2D eigenvalue weighted by Gasteiger charge is -2.16. The highest BCUT2D eigenvalue weighted by molar-refractivity contribution is 7.99. The van der Waals surface area contributed by atoms with E-state index in [9.17, 15) is 4.79 Å². The Morgan fingerprint density at radius 2 is 2.60 bits per heavy atom. The van der Waals surface area contributed by atoms with Crippen molar-refractivity contribution in [2.75, 3.05) is 25.2 Å². The summed E-state index contributed by atoms with van der Waals surface area (Å²) >= 11 is 1.81. The average Bonchev–Trinajstić information content (AvgIpc) is 2.05. The third-order valence-corrected chi connectivity index (χ3v) is 2.63. The van der Waals surface area contributed by atoms with Crippen molar-refractivity contribution in [3.05, 3.63) is 0 Å². The molecular formula is C6H12NO2S+. The molecule has 0 saturated carbocycles. The molecule has 0 aromatic heterocycles. The number of quaternary nitrogens is 1. The van der Waals surface area contributed by atoms with Crippen LogP contribution in [-0.2, 0) is 9.53 Å². The van der Waals surface area contributed by atoms with Gasteiger partial charge in [-0.2, -0.15) is 0 Å². The molecule has 1 heterocycles. The van der Waals surface area contributed by atoms with Gasteiger partial charge in [-0.3, -0.25) is 0 Å². The molecule has 1 fully saturated rings. The third-order valence-electron chi connectivity index (χ3n) is 1.51. The Labute approximate surface area is 64.5 Å². The molecule has 4 heteroatoms. The van der Waals surface area contributed by atoms with Crippen molar-refractivity contribution in [2.24, 2.45) is 0 Å². The fourth-order valence-corrected chi connectivity index (χ4v) is 1.94. The van der Waals surface area contributed by atoms with Gasteiger partial charge in [0.15, 0.2) is 6.04 Å². The molecule has 1 aliphatic heterocycles. The molecule has 1 saturated heterocycles. The molecule has 0 spiro atoms. The Kier molecular flexibility index (Phi) is 3.02. The summed E-state index contributed by atoms with van der Waals surface area (Å²) in [5.41, 5.74) is 0. The molecule has 2 N–H and O–H groups in total. The van der Waals surface area contributed by atoms with Crippen molar-refractivity contribution in [3.8, 4) is 0 Å². The lowest BCUT2D eigenvalue weighted by molar-refractivity contribution is -0.671. The molecule has 0 aromatic rings. The Morgan fingerprint density at radius 3 is 3.10 bits per heavy atom. The molecule has 0 aromatic carbocycles. The van der Waals surface area contributed by atoms with Crippen LogP contribution in [0.25, 0.3) is 0 Å². The Morgan fingerprint density at radius 1 is 1.80 bits per heavy atom. The van der Waals surface area contributed by atoms with Crippen LogP contribution >= 0.6 is 11.8 Å². The number of esters is 1. The molecule has 58 valence electrons. The number of nitrogens with two attached hydrogens (primary N) is 1. The van der Waals surface area contributed by atoms with Gasteiger partial charge in [0.25, 0.3) is 0 Å². The maximum atomic E-state index is 10.9. The number of ether oxygens (including phenoxy) is 1. The first-order valence-corrected chi connectivity index (χ1v) is 4.49. The maximum absolute atomic E-state index is 10.9. The molecule has 1 rings (SSSR count). The molecular weight excluding hydrogens is 150 g/mol. The van der Waals surface area contributed by atoms with Crippen LogP contribution in [0.5, 0.6) is 0 Å². The first-order chi connectivity index (χ1) is 4.84. The summed E-state index contributed by atoms with van der Waals surface area (Å²) in [6.07, 6.45) is 0. The SMILES string of the molecule is COC(=O)C1CSCC[NH2+]1. The Balaban J connectivity index is 2.31. The molecule has 1 unspecified atom stereocenters. The van der Waals surface area contributed by atoms with E-state index in [4.69, 9.17) is 0 Å². The predicted molar refractivity (Wildman–Crippen MR) is 39.9 cm³/mol. The third kappa shape index (κ3) is 1.88. The minimum atomic E-state index is -0.0906. The van der Waals surface area contributed by atoms with Crippen LogP contribution in [0.1, 0.15) is 0 Å². The molecule has 0 amide bonds. The van der Waals surface area contributed by atoms with Gasteiger partial charge in [0, 0.05) is 5.75 Å². The van der Waals surface area contributed by atoms with Gasteiger partial charge in [-0.05, 0) is 0 Å². The summed E-state index contributed by atoms with van der Waals surface area (Å²) in [6, 6.07) is 0.0451. The molecule has 0 radical (unpaired) electrons. The van der Waals surface area contributed by atoms with E-state index in [1.54, 1.807) is 0 Å². The van der Waals surface area contributed by atoms with Gasteiger partial charge in [-0.25, -0.2) is 4.79 Å². The standard InChI is InChI=1S/C6H11NO2S/c1-9-6(8)5-4-10-3-2-7-5/h5,7H,2-4H2,1H3/p+1. The molecule has 1 atom stereocenters. The van der Waals surface area contributed by atoms with E-state index in [1.807, 2.05) is 17.1 Å². The Bertz CT molecular complexity index is 123. The number of hydrogen-bond donors (Lipinski definition) is 1. The van der Waals surface area contributed by atoms with Gasteiger partial charge in [0.2, 0.25) is 0 Å². The lowest BCUT2D eigenvalue weighted by atomic mass is 10.3. The van der Waals surface area contributed by atoms with Crippen molar-refractivity contribution < 1.29 is 14.8 Å². The minimum absolute atomic E-state index is 0.0451. The fourth-order valence-electron chi connectivity index (χ4n) is 0.947. The molecule has 0 bridgehead atoms. The van der Waals surface area contributed by atoms with Crippen LogP contribution in [0, 0.1) is 0 Å². The highest BCUT2D eigenvalue weighted by atomic mass is 32.2. The number of carbonyl (C=O) groups excluding carboxylic acids is 1. The second-order valence-electron chi connectivity index (χ2n) is 2.23. The van der Waals surface area contributed by atoms with E-state index in [-0.39, 0.29) is 12.0 Å². The fraction of sp³-hybridized carbons (Fsp3) is 0.833. The molecule has 10 heavy (non-hydrogen) atoms. The molecule has 1 aliphatic rings. The van der Waals surface area contributed by atoms with E-state index in [2.05, 4.69) is 4.74 Å². The van der Waals surface area contributed by atoms with Crippen LogP contribution in [-0.4, -0.2) is 37.2 Å². The van der Waals surface area contributed by atoms with E-state index >= 15 is 0 Å². The average molecular weight is 162 g/mol. The number of carbonyl (C=O) groups is 1. The van der Waals surface area contributed by atoms with E-state index in [1.165, 1.54) is 7.11 Å². The summed E-state index contributed by atoms with van der Waals surface area (Å²) in [7, 11) is 1.44. The summed E-state index contributed by atoms with van der Waals surface area (Å²) in [6.45, 7) is 1.03. The van der Waals surface area contributed by atoms with E-state index < -0.39 is 0 Å². The maximum Gasteiger partial charge on any atom is 0.365 e. The second kappa shape index (κ2) is 3.83. The normalized spacial score (nSPS) is 25.9. The first kappa shape index (κ1) is 7.88. The molecule has 3 nitrogen and oxygen atoms in total. The van der Waals surface area contributed by atoms with Gasteiger partial charge in [-0.1, -0.05) is 0 Å². The van der Waals surface area contributed by atoms with Crippen LogP contribution in [0.4, 0.5) is 0 Å². The smallest absolute Gasteiger partial charge is 0.365 e. The van der Waals surface area contributed by atoms with Crippen LogP contribution in [0.15, 0.2) is 0 Å². The monoisotopic (exact) mass is 162 g/mol. The summed E-state index contributed by atoms with van der Waals surface area (Å²) in [5.74, 6) is 1.95. The van der Waals surface area contributed by atoms with Crippen molar-refractivity contribution in [3.63, 3.8) is 0 Å². The number of hydrogen-bond acceptors (Lipinski definition) is 3.